The van der Waals surface area contributed by atoms with E-state index in [0.717, 1.165) is 0 Å². The maximum atomic E-state index is 11.8. The van der Waals surface area contributed by atoms with Gasteiger partial charge in [0.2, 0.25) is 5.91 Å². The third-order valence-electron chi connectivity index (χ3n) is 3.64. The molecule has 1 fully saturated rings. The van der Waals surface area contributed by atoms with Crippen LogP contribution in [0, 0.1) is 0 Å². The van der Waals surface area contributed by atoms with Crippen LogP contribution >= 0.6 is 11.8 Å². The van der Waals surface area contributed by atoms with Crippen LogP contribution in [0.5, 0.6) is 0 Å². The molecule has 1 aliphatic heterocycles. The van der Waals surface area contributed by atoms with E-state index in [1.807, 2.05) is 0 Å². The molecule has 1 heterocycles. The van der Waals surface area contributed by atoms with Crippen LogP contribution in [-0.2, 0) is 19.4 Å². The maximum Gasteiger partial charge on any atom is 0.312 e. The second-order valence-electron chi connectivity index (χ2n) is 5.44. The third kappa shape index (κ3) is 5.54. The number of benzene rings is 1. The zero-order valence-electron chi connectivity index (χ0n) is 12.5. The number of carboxylic acid groups (broad SMARTS) is 1. The molecule has 8 heteroatoms. The van der Waals surface area contributed by atoms with Crippen LogP contribution in [-0.4, -0.2) is 54.5 Å². The molecule has 2 N–H and O–H groups in total. The standard InChI is InChI=1S/C15H19NO5S2/c17-14(9-22-12-6-7-23(20,21)10-12)16-8-13(15(18)19)11-4-2-1-3-5-11/h1-5,12-13H,6-10H2,(H,16,17)(H,18,19). The topological polar surface area (TPSA) is 101 Å². The zero-order chi connectivity index (χ0) is 16.9. The van der Waals surface area contributed by atoms with Gasteiger partial charge in [-0.1, -0.05) is 30.3 Å². The number of hydrogen-bond donors (Lipinski definition) is 2. The van der Waals surface area contributed by atoms with E-state index in [1.54, 1.807) is 30.3 Å². The van der Waals surface area contributed by atoms with Crippen molar-refractivity contribution in [1.29, 1.82) is 0 Å². The molecular weight excluding hydrogens is 338 g/mol. The van der Waals surface area contributed by atoms with E-state index in [2.05, 4.69) is 5.32 Å². The van der Waals surface area contributed by atoms with E-state index in [9.17, 15) is 23.1 Å². The Morgan fingerprint density at radius 1 is 1.30 bits per heavy atom. The normalized spacial score (nSPS) is 20.8. The first kappa shape index (κ1) is 17.8. The van der Waals surface area contributed by atoms with Gasteiger partial charge in [0.05, 0.1) is 23.2 Å². The molecule has 23 heavy (non-hydrogen) atoms. The molecule has 126 valence electrons. The summed E-state index contributed by atoms with van der Waals surface area (Å²) in [7, 11) is -2.95. The minimum atomic E-state index is -2.95. The van der Waals surface area contributed by atoms with Gasteiger partial charge in [-0.2, -0.15) is 0 Å². The summed E-state index contributed by atoms with van der Waals surface area (Å²) in [5.74, 6) is -1.63. The number of amides is 1. The number of carbonyl (C=O) groups excluding carboxylic acids is 1. The van der Waals surface area contributed by atoms with E-state index < -0.39 is 21.7 Å². The van der Waals surface area contributed by atoms with Gasteiger partial charge < -0.3 is 10.4 Å². The molecule has 2 unspecified atom stereocenters. The molecule has 0 spiro atoms. The summed E-state index contributed by atoms with van der Waals surface area (Å²) in [6.07, 6.45) is 0.571. The van der Waals surface area contributed by atoms with Crippen LogP contribution in [0.25, 0.3) is 0 Å². The Morgan fingerprint density at radius 3 is 2.57 bits per heavy atom. The van der Waals surface area contributed by atoms with Crippen molar-refractivity contribution in [2.24, 2.45) is 0 Å². The van der Waals surface area contributed by atoms with Crippen LogP contribution in [0.2, 0.25) is 0 Å². The highest BCUT2D eigenvalue weighted by atomic mass is 32.2. The van der Waals surface area contributed by atoms with Gasteiger partial charge in [0.15, 0.2) is 9.84 Å². The van der Waals surface area contributed by atoms with Crippen molar-refractivity contribution in [2.75, 3.05) is 23.8 Å². The predicted molar refractivity (Wildman–Crippen MR) is 89.3 cm³/mol. The van der Waals surface area contributed by atoms with Crippen molar-refractivity contribution >= 4 is 33.5 Å². The number of carbonyl (C=O) groups is 2. The molecule has 2 atom stereocenters. The van der Waals surface area contributed by atoms with Gasteiger partial charge in [-0.25, -0.2) is 8.42 Å². The highest BCUT2D eigenvalue weighted by Crippen LogP contribution is 2.24. The van der Waals surface area contributed by atoms with Crippen LogP contribution in [0.1, 0.15) is 17.9 Å². The van der Waals surface area contributed by atoms with Gasteiger partial charge in [0.1, 0.15) is 0 Å². The van der Waals surface area contributed by atoms with E-state index in [4.69, 9.17) is 0 Å². The van der Waals surface area contributed by atoms with Gasteiger partial charge >= 0.3 is 5.97 Å². The number of thioether (sulfide) groups is 1. The lowest BCUT2D eigenvalue weighted by molar-refractivity contribution is -0.138. The molecule has 6 nitrogen and oxygen atoms in total. The first-order valence-corrected chi connectivity index (χ1v) is 10.1. The molecular formula is C15H19NO5S2. The van der Waals surface area contributed by atoms with Crippen LogP contribution in [0.3, 0.4) is 0 Å². The summed E-state index contributed by atoms with van der Waals surface area (Å²) >= 11 is 1.31. The summed E-state index contributed by atoms with van der Waals surface area (Å²) < 4.78 is 22.7. The Bertz CT molecular complexity index is 660. The monoisotopic (exact) mass is 357 g/mol. The molecule has 1 aromatic rings. The van der Waals surface area contributed by atoms with Gasteiger partial charge in [0, 0.05) is 11.8 Å². The van der Waals surface area contributed by atoms with Gasteiger partial charge in [-0.3, -0.25) is 9.59 Å². The van der Waals surface area contributed by atoms with E-state index >= 15 is 0 Å². The first-order valence-electron chi connectivity index (χ1n) is 7.24. The second-order valence-corrected chi connectivity index (χ2v) is 8.96. The molecule has 1 aromatic carbocycles. The highest BCUT2D eigenvalue weighted by Gasteiger charge is 2.28. The van der Waals surface area contributed by atoms with E-state index in [-0.39, 0.29) is 35.0 Å². The second kappa shape index (κ2) is 7.83. The summed E-state index contributed by atoms with van der Waals surface area (Å²) in [6.45, 7) is 0.0156. The molecule has 0 saturated carbocycles. The fourth-order valence-corrected chi connectivity index (χ4v) is 5.86. The Kier molecular flexibility index (Phi) is 6.06. The lowest BCUT2D eigenvalue weighted by Gasteiger charge is -2.14. The average Bonchev–Trinajstić information content (AvgIpc) is 2.85. The van der Waals surface area contributed by atoms with Crippen molar-refractivity contribution in [2.45, 2.75) is 17.6 Å². The summed E-state index contributed by atoms with van der Waals surface area (Å²) in [5.41, 5.74) is 0.634. The van der Waals surface area contributed by atoms with Gasteiger partial charge in [0.25, 0.3) is 0 Å². The van der Waals surface area contributed by atoms with E-state index in [1.165, 1.54) is 11.8 Å². The maximum absolute atomic E-state index is 11.8. The largest absolute Gasteiger partial charge is 0.481 e. The minimum Gasteiger partial charge on any atom is -0.481 e. The third-order valence-corrected chi connectivity index (χ3v) is 6.93. The Hall–Kier alpha value is -1.54. The zero-order valence-corrected chi connectivity index (χ0v) is 14.1. The number of nitrogens with one attached hydrogen (secondary N) is 1. The summed E-state index contributed by atoms with van der Waals surface area (Å²) in [4.78, 5) is 23.2. The fraction of sp³-hybridized carbons (Fsp3) is 0.467. The molecule has 0 radical (unpaired) electrons. The van der Waals surface area contributed by atoms with Crippen LogP contribution in [0.15, 0.2) is 30.3 Å². The lowest BCUT2D eigenvalue weighted by Crippen LogP contribution is -2.33. The van der Waals surface area contributed by atoms with E-state index in [0.29, 0.717) is 12.0 Å². The predicted octanol–water partition coefficient (Wildman–Crippen LogP) is 0.891. The van der Waals surface area contributed by atoms with Crippen LogP contribution in [0.4, 0.5) is 0 Å². The molecule has 0 bridgehead atoms. The number of sulfone groups is 1. The minimum absolute atomic E-state index is 0.0156. The molecule has 0 aromatic heterocycles. The van der Waals surface area contributed by atoms with Crippen LogP contribution < -0.4 is 5.32 Å². The highest BCUT2D eigenvalue weighted by molar-refractivity contribution is 8.02. The Morgan fingerprint density at radius 2 is 2.00 bits per heavy atom. The lowest BCUT2D eigenvalue weighted by atomic mass is 9.99. The van der Waals surface area contributed by atoms with Crippen molar-refractivity contribution in [1.82, 2.24) is 5.32 Å². The van der Waals surface area contributed by atoms with Crippen molar-refractivity contribution < 1.29 is 23.1 Å². The SMILES string of the molecule is O=C(CSC1CCS(=O)(=O)C1)NCC(C(=O)O)c1ccccc1. The fourth-order valence-electron chi connectivity index (χ4n) is 2.39. The van der Waals surface area contributed by atoms with Gasteiger partial charge in [-0.15, -0.1) is 11.8 Å². The molecule has 1 amide bonds. The van der Waals surface area contributed by atoms with Crippen molar-refractivity contribution in [3.05, 3.63) is 35.9 Å². The number of aliphatic carboxylic acids is 1. The Labute approximate surface area is 139 Å². The quantitative estimate of drug-likeness (QED) is 0.752. The molecule has 1 aliphatic rings. The summed E-state index contributed by atoms with van der Waals surface area (Å²) in [6, 6.07) is 8.73. The van der Waals surface area contributed by atoms with Crippen molar-refractivity contribution in [3.63, 3.8) is 0 Å². The molecule has 2 rings (SSSR count). The summed E-state index contributed by atoms with van der Waals surface area (Å²) in [5, 5.41) is 11.8. The number of rotatable bonds is 7. The number of hydrogen-bond acceptors (Lipinski definition) is 5. The Balaban J connectivity index is 1.80. The average molecular weight is 357 g/mol. The van der Waals surface area contributed by atoms with Gasteiger partial charge in [-0.05, 0) is 12.0 Å². The smallest absolute Gasteiger partial charge is 0.312 e. The number of carboxylic acids is 1. The molecule has 0 aliphatic carbocycles. The molecule has 1 saturated heterocycles. The first-order chi connectivity index (χ1) is 10.9. The van der Waals surface area contributed by atoms with Crippen molar-refractivity contribution in [3.8, 4) is 0 Å².